The Bertz CT molecular complexity index is 494. The zero-order valence-electron chi connectivity index (χ0n) is 11.2. The Hall–Kier alpha value is -1.49. The normalized spacial score (nSPS) is 11.3. The summed E-state index contributed by atoms with van der Waals surface area (Å²) in [6, 6.07) is 3.56. The third-order valence-corrected chi connectivity index (χ3v) is 3.26. The average Bonchev–Trinajstić information content (AvgIpc) is 2.37. The van der Waals surface area contributed by atoms with E-state index < -0.39 is 5.97 Å². The molecule has 0 aromatic heterocycles. The van der Waals surface area contributed by atoms with Gasteiger partial charge in [-0.15, -0.1) is 0 Å². The van der Waals surface area contributed by atoms with Gasteiger partial charge in [0.15, 0.2) is 0 Å². The van der Waals surface area contributed by atoms with Gasteiger partial charge >= 0.3 is 5.97 Å². The van der Waals surface area contributed by atoms with Crippen molar-refractivity contribution in [1.29, 1.82) is 0 Å². The molecule has 1 N–H and O–H groups in total. The van der Waals surface area contributed by atoms with Crippen molar-refractivity contribution >= 4 is 27.5 Å². The third-order valence-electron chi connectivity index (χ3n) is 2.64. The molecule has 0 aliphatic carbocycles. The van der Waals surface area contributed by atoms with Crippen LogP contribution < -0.4 is 9.47 Å². The molecule has 0 amide bonds. The molecule has 1 aromatic carbocycles. The number of carbonyl (C=O) groups is 1. The fourth-order valence-corrected chi connectivity index (χ4v) is 2.32. The van der Waals surface area contributed by atoms with Gasteiger partial charge in [0.05, 0.1) is 18.7 Å². The van der Waals surface area contributed by atoms with E-state index in [2.05, 4.69) is 15.9 Å². The van der Waals surface area contributed by atoms with Gasteiger partial charge in [-0.25, -0.2) is 4.79 Å². The molecule has 0 spiro atoms. The van der Waals surface area contributed by atoms with Crippen molar-refractivity contribution in [2.75, 3.05) is 14.2 Å². The van der Waals surface area contributed by atoms with E-state index in [-0.39, 0.29) is 0 Å². The van der Waals surface area contributed by atoms with Gasteiger partial charge in [0.2, 0.25) is 0 Å². The number of rotatable bonds is 6. The number of carboxylic acids is 1. The number of allylic oxidation sites excluding steroid dienone is 1. The number of hydrogen-bond donors (Lipinski definition) is 1. The van der Waals surface area contributed by atoms with E-state index in [0.717, 1.165) is 22.0 Å². The van der Waals surface area contributed by atoms with Crippen LogP contribution in [-0.4, -0.2) is 25.3 Å². The summed E-state index contributed by atoms with van der Waals surface area (Å²) in [6.45, 7) is 2.00. The van der Waals surface area contributed by atoms with Gasteiger partial charge < -0.3 is 14.6 Å². The van der Waals surface area contributed by atoms with Gasteiger partial charge in [-0.3, -0.25) is 0 Å². The quantitative estimate of drug-likeness (QED) is 0.808. The topological polar surface area (TPSA) is 55.8 Å². The minimum atomic E-state index is -0.961. The van der Waals surface area contributed by atoms with Crippen molar-refractivity contribution in [2.24, 2.45) is 0 Å². The highest BCUT2D eigenvalue weighted by atomic mass is 79.9. The van der Waals surface area contributed by atoms with Crippen LogP contribution >= 0.6 is 15.9 Å². The van der Waals surface area contributed by atoms with E-state index in [9.17, 15) is 4.79 Å². The van der Waals surface area contributed by atoms with Crippen molar-refractivity contribution in [3.8, 4) is 11.5 Å². The molecule has 0 bridgehead atoms. The van der Waals surface area contributed by atoms with Crippen LogP contribution in [0.4, 0.5) is 0 Å². The second-order valence-electron chi connectivity index (χ2n) is 3.94. The van der Waals surface area contributed by atoms with Crippen molar-refractivity contribution in [3.63, 3.8) is 0 Å². The Morgan fingerprint density at radius 2 is 1.95 bits per heavy atom. The Morgan fingerprint density at radius 1 is 1.32 bits per heavy atom. The molecule has 0 saturated heterocycles. The highest BCUT2D eigenvalue weighted by Gasteiger charge is 2.14. The van der Waals surface area contributed by atoms with Gasteiger partial charge in [0.1, 0.15) is 11.5 Å². The minimum absolute atomic E-state index is 0.598. The number of halogens is 1. The summed E-state index contributed by atoms with van der Waals surface area (Å²) in [5.41, 5.74) is 1.50. The summed E-state index contributed by atoms with van der Waals surface area (Å²) in [4.78, 5) is 10.9. The number of methoxy groups -OCH3 is 2. The smallest absolute Gasteiger partial charge is 0.328 e. The van der Waals surface area contributed by atoms with Gasteiger partial charge in [-0.05, 0) is 34.0 Å². The molecule has 5 heteroatoms. The Morgan fingerprint density at radius 3 is 2.42 bits per heavy atom. The first kappa shape index (κ1) is 15.6. The van der Waals surface area contributed by atoms with Crippen molar-refractivity contribution in [1.82, 2.24) is 0 Å². The first-order valence-electron chi connectivity index (χ1n) is 5.88. The lowest BCUT2D eigenvalue weighted by Crippen LogP contribution is -1.97. The van der Waals surface area contributed by atoms with Crippen LogP contribution in [0.5, 0.6) is 11.5 Å². The van der Waals surface area contributed by atoms with Gasteiger partial charge in [-0.2, -0.15) is 0 Å². The van der Waals surface area contributed by atoms with Crippen LogP contribution in [0.15, 0.2) is 22.7 Å². The van der Waals surface area contributed by atoms with Gasteiger partial charge in [-0.1, -0.05) is 13.3 Å². The zero-order chi connectivity index (χ0) is 14.4. The lowest BCUT2D eigenvalue weighted by molar-refractivity contribution is -0.131. The van der Waals surface area contributed by atoms with Crippen LogP contribution in [0.1, 0.15) is 25.3 Å². The summed E-state index contributed by atoms with van der Waals surface area (Å²) in [5, 5.41) is 8.95. The molecule has 0 aliphatic rings. The summed E-state index contributed by atoms with van der Waals surface area (Å²) in [6.07, 6.45) is 2.74. The van der Waals surface area contributed by atoms with Gasteiger partial charge in [0, 0.05) is 17.7 Å². The van der Waals surface area contributed by atoms with E-state index >= 15 is 0 Å². The zero-order valence-corrected chi connectivity index (χ0v) is 12.8. The SMILES string of the molecule is CCC/C(=C\C(=O)O)c1cc(Br)c(OC)cc1OC. The fourth-order valence-electron chi connectivity index (χ4n) is 1.81. The van der Waals surface area contributed by atoms with Crippen LogP contribution in [0.25, 0.3) is 5.57 Å². The standard InChI is InChI=1S/C14H17BrO4/c1-4-5-9(6-14(16)17)10-7-11(15)13(19-3)8-12(10)18-2/h6-8H,4-5H2,1-3H3,(H,16,17)/b9-6+. The molecule has 0 atom stereocenters. The van der Waals surface area contributed by atoms with Gasteiger partial charge in [0.25, 0.3) is 0 Å². The van der Waals surface area contributed by atoms with Crippen LogP contribution in [-0.2, 0) is 4.79 Å². The van der Waals surface area contributed by atoms with Crippen molar-refractivity contribution < 1.29 is 19.4 Å². The monoisotopic (exact) mass is 328 g/mol. The Balaban J connectivity index is 3.37. The molecule has 0 saturated carbocycles. The molecule has 0 unspecified atom stereocenters. The second kappa shape index (κ2) is 7.19. The molecule has 104 valence electrons. The number of ether oxygens (including phenoxy) is 2. The molecule has 0 radical (unpaired) electrons. The fraction of sp³-hybridized carbons (Fsp3) is 0.357. The molecule has 4 nitrogen and oxygen atoms in total. The van der Waals surface area contributed by atoms with Crippen LogP contribution in [0.2, 0.25) is 0 Å². The Kier molecular flexibility index (Phi) is 5.89. The van der Waals surface area contributed by atoms with Crippen LogP contribution in [0.3, 0.4) is 0 Å². The predicted molar refractivity (Wildman–Crippen MR) is 77.8 cm³/mol. The minimum Gasteiger partial charge on any atom is -0.496 e. The molecular formula is C14H17BrO4. The van der Waals surface area contributed by atoms with Crippen molar-refractivity contribution in [2.45, 2.75) is 19.8 Å². The molecular weight excluding hydrogens is 312 g/mol. The molecule has 1 rings (SSSR count). The van der Waals surface area contributed by atoms with E-state index in [4.69, 9.17) is 14.6 Å². The van der Waals surface area contributed by atoms with E-state index in [1.807, 2.05) is 13.0 Å². The predicted octanol–water partition coefficient (Wildman–Crippen LogP) is 3.73. The summed E-state index contributed by atoms with van der Waals surface area (Å²) in [5.74, 6) is 0.283. The maximum absolute atomic E-state index is 10.9. The maximum atomic E-state index is 10.9. The van der Waals surface area contributed by atoms with Crippen molar-refractivity contribution in [3.05, 3.63) is 28.2 Å². The number of hydrogen-bond acceptors (Lipinski definition) is 3. The first-order valence-corrected chi connectivity index (χ1v) is 6.68. The number of benzene rings is 1. The largest absolute Gasteiger partial charge is 0.496 e. The lowest BCUT2D eigenvalue weighted by atomic mass is 9.99. The highest BCUT2D eigenvalue weighted by Crippen LogP contribution is 2.37. The summed E-state index contributed by atoms with van der Waals surface area (Å²) < 4.78 is 11.3. The molecule has 19 heavy (non-hydrogen) atoms. The van der Waals surface area contributed by atoms with E-state index in [0.29, 0.717) is 17.9 Å². The third kappa shape index (κ3) is 3.99. The molecule has 0 heterocycles. The maximum Gasteiger partial charge on any atom is 0.328 e. The molecule has 0 aliphatic heterocycles. The Labute approximate surface area is 121 Å². The number of aliphatic carboxylic acids is 1. The average molecular weight is 329 g/mol. The first-order chi connectivity index (χ1) is 9.03. The van der Waals surface area contributed by atoms with E-state index in [1.165, 1.54) is 6.08 Å². The lowest BCUT2D eigenvalue weighted by Gasteiger charge is -2.14. The molecule has 1 aromatic rings. The summed E-state index contributed by atoms with van der Waals surface area (Å²) >= 11 is 3.40. The van der Waals surface area contributed by atoms with Crippen LogP contribution in [0, 0.1) is 0 Å². The molecule has 0 fully saturated rings. The van der Waals surface area contributed by atoms with E-state index in [1.54, 1.807) is 20.3 Å². The summed E-state index contributed by atoms with van der Waals surface area (Å²) in [7, 11) is 3.12. The second-order valence-corrected chi connectivity index (χ2v) is 4.80. The number of carboxylic acid groups (broad SMARTS) is 1. The highest BCUT2D eigenvalue weighted by molar-refractivity contribution is 9.10.